The molecule has 1 aliphatic carbocycles. The zero-order chi connectivity index (χ0) is 12.3. The van der Waals surface area contributed by atoms with E-state index in [4.69, 9.17) is 5.73 Å². The Morgan fingerprint density at radius 1 is 1.24 bits per heavy atom. The summed E-state index contributed by atoms with van der Waals surface area (Å²) in [5.74, 6) is 0.278. The zero-order valence-corrected chi connectivity index (χ0v) is 10.6. The molecule has 1 aromatic rings. The van der Waals surface area contributed by atoms with Gasteiger partial charge in [-0.15, -0.1) is 0 Å². The van der Waals surface area contributed by atoms with Gasteiger partial charge in [-0.25, -0.2) is 4.39 Å². The number of rotatable bonds is 3. The van der Waals surface area contributed by atoms with Gasteiger partial charge in [-0.2, -0.15) is 0 Å². The largest absolute Gasteiger partial charge is 0.321 e. The molecule has 0 saturated heterocycles. The molecule has 2 rings (SSSR count). The molecule has 17 heavy (non-hydrogen) atoms. The minimum atomic E-state index is -0.480. The Morgan fingerprint density at radius 2 is 1.88 bits per heavy atom. The lowest BCUT2D eigenvalue weighted by Gasteiger charge is -2.39. The molecule has 1 unspecified atom stereocenters. The van der Waals surface area contributed by atoms with Gasteiger partial charge in [-0.05, 0) is 31.2 Å². The Morgan fingerprint density at radius 3 is 2.47 bits per heavy atom. The van der Waals surface area contributed by atoms with Gasteiger partial charge in [0.05, 0.1) is 0 Å². The molecule has 0 aromatic heterocycles. The van der Waals surface area contributed by atoms with Crippen LogP contribution in [0.25, 0.3) is 0 Å². The molecule has 0 radical (unpaired) electrons. The Labute approximate surface area is 103 Å². The summed E-state index contributed by atoms with van der Waals surface area (Å²) < 4.78 is 13.9. The van der Waals surface area contributed by atoms with Crippen molar-refractivity contribution in [2.24, 2.45) is 11.7 Å². The molecule has 0 heterocycles. The number of benzene rings is 1. The third kappa shape index (κ3) is 2.37. The summed E-state index contributed by atoms with van der Waals surface area (Å²) in [5, 5.41) is 0. The highest BCUT2D eigenvalue weighted by molar-refractivity contribution is 5.27. The molecule has 1 aliphatic rings. The number of hydrogen-bond donors (Lipinski definition) is 1. The SMILES string of the molecule is CCC(N)(c1ccccc1F)C1CCCCC1. The predicted octanol–water partition coefficient (Wildman–Crippen LogP) is 3.97. The second-order valence-corrected chi connectivity index (χ2v) is 5.21. The maximum absolute atomic E-state index is 13.9. The van der Waals surface area contributed by atoms with Crippen molar-refractivity contribution < 1.29 is 4.39 Å². The summed E-state index contributed by atoms with van der Waals surface area (Å²) in [5.41, 5.74) is 6.78. The average molecular weight is 235 g/mol. The van der Waals surface area contributed by atoms with E-state index in [2.05, 4.69) is 6.92 Å². The summed E-state index contributed by atoms with van der Waals surface area (Å²) in [7, 11) is 0. The van der Waals surface area contributed by atoms with Crippen molar-refractivity contribution in [1.82, 2.24) is 0 Å². The highest BCUT2D eigenvalue weighted by atomic mass is 19.1. The smallest absolute Gasteiger partial charge is 0.128 e. The second kappa shape index (κ2) is 5.18. The summed E-state index contributed by atoms with van der Waals surface area (Å²) in [6, 6.07) is 7.00. The van der Waals surface area contributed by atoms with E-state index in [0.29, 0.717) is 11.5 Å². The van der Waals surface area contributed by atoms with E-state index in [-0.39, 0.29) is 5.82 Å². The molecule has 2 N–H and O–H groups in total. The van der Waals surface area contributed by atoms with Crippen LogP contribution in [0.4, 0.5) is 4.39 Å². The average Bonchev–Trinajstić information content (AvgIpc) is 2.39. The molecule has 0 amide bonds. The van der Waals surface area contributed by atoms with Crippen LogP contribution in [0.3, 0.4) is 0 Å². The molecular weight excluding hydrogens is 213 g/mol. The highest BCUT2D eigenvalue weighted by Gasteiger charge is 2.37. The van der Waals surface area contributed by atoms with Crippen molar-refractivity contribution in [3.63, 3.8) is 0 Å². The molecule has 0 aliphatic heterocycles. The number of hydrogen-bond acceptors (Lipinski definition) is 1. The monoisotopic (exact) mass is 235 g/mol. The van der Waals surface area contributed by atoms with E-state index < -0.39 is 5.54 Å². The topological polar surface area (TPSA) is 26.0 Å². The lowest BCUT2D eigenvalue weighted by atomic mass is 9.70. The van der Waals surface area contributed by atoms with Crippen molar-refractivity contribution in [2.45, 2.75) is 51.0 Å². The van der Waals surface area contributed by atoms with Crippen LogP contribution < -0.4 is 5.73 Å². The van der Waals surface area contributed by atoms with E-state index >= 15 is 0 Å². The molecule has 0 bridgehead atoms. The lowest BCUT2D eigenvalue weighted by Crippen LogP contribution is -2.45. The fourth-order valence-corrected chi connectivity index (χ4v) is 3.16. The van der Waals surface area contributed by atoms with Crippen molar-refractivity contribution in [3.05, 3.63) is 35.6 Å². The lowest BCUT2D eigenvalue weighted by molar-refractivity contribution is 0.194. The van der Waals surface area contributed by atoms with Crippen molar-refractivity contribution in [1.29, 1.82) is 0 Å². The van der Waals surface area contributed by atoms with Crippen LogP contribution in [0.15, 0.2) is 24.3 Å². The van der Waals surface area contributed by atoms with Gasteiger partial charge in [-0.3, -0.25) is 0 Å². The van der Waals surface area contributed by atoms with Gasteiger partial charge in [0.1, 0.15) is 5.82 Å². The maximum Gasteiger partial charge on any atom is 0.128 e. The quantitative estimate of drug-likeness (QED) is 0.843. The first kappa shape index (κ1) is 12.6. The van der Waals surface area contributed by atoms with Gasteiger partial charge in [-0.1, -0.05) is 44.4 Å². The minimum absolute atomic E-state index is 0.151. The van der Waals surface area contributed by atoms with Gasteiger partial charge in [0.2, 0.25) is 0 Å². The highest BCUT2D eigenvalue weighted by Crippen LogP contribution is 2.40. The van der Waals surface area contributed by atoms with Crippen LogP contribution in [0.5, 0.6) is 0 Å². The summed E-state index contributed by atoms with van der Waals surface area (Å²) in [4.78, 5) is 0. The van der Waals surface area contributed by atoms with E-state index in [1.165, 1.54) is 25.3 Å². The predicted molar refractivity (Wildman–Crippen MR) is 69.1 cm³/mol. The second-order valence-electron chi connectivity index (χ2n) is 5.21. The molecule has 1 atom stereocenters. The molecule has 94 valence electrons. The first-order valence-corrected chi connectivity index (χ1v) is 6.72. The van der Waals surface area contributed by atoms with Crippen LogP contribution in [0.1, 0.15) is 51.0 Å². The summed E-state index contributed by atoms with van der Waals surface area (Å²) in [6.07, 6.45) is 6.85. The van der Waals surface area contributed by atoms with Crippen LogP contribution >= 0.6 is 0 Å². The van der Waals surface area contributed by atoms with Gasteiger partial charge < -0.3 is 5.73 Å². The normalized spacial score (nSPS) is 21.1. The Hall–Kier alpha value is -0.890. The van der Waals surface area contributed by atoms with Gasteiger partial charge >= 0.3 is 0 Å². The number of halogens is 1. The van der Waals surface area contributed by atoms with Crippen LogP contribution in [0, 0.1) is 11.7 Å². The molecule has 0 spiro atoms. The first-order valence-electron chi connectivity index (χ1n) is 6.72. The molecule has 1 fully saturated rings. The van der Waals surface area contributed by atoms with Gasteiger partial charge in [0.25, 0.3) is 0 Å². The van der Waals surface area contributed by atoms with Crippen molar-refractivity contribution in [3.8, 4) is 0 Å². The third-order valence-electron chi connectivity index (χ3n) is 4.29. The Balaban J connectivity index is 2.32. The zero-order valence-electron chi connectivity index (χ0n) is 10.6. The fraction of sp³-hybridized carbons (Fsp3) is 0.600. The minimum Gasteiger partial charge on any atom is -0.321 e. The maximum atomic E-state index is 13.9. The summed E-state index contributed by atoms with van der Waals surface area (Å²) >= 11 is 0. The van der Waals surface area contributed by atoms with Crippen molar-refractivity contribution >= 4 is 0 Å². The Bertz CT molecular complexity index is 371. The first-order chi connectivity index (χ1) is 8.18. The Kier molecular flexibility index (Phi) is 3.82. The van der Waals surface area contributed by atoms with E-state index in [1.54, 1.807) is 6.07 Å². The van der Waals surface area contributed by atoms with E-state index in [0.717, 1.165) is 19.3 Å². The van der Waals surface area contributed by atoms with Gasteiger partial charge in [0, 0.05) is 11.1 Å². The fourth-order valence-electron chi connectivity index (χ4n) is 3.16. The molecule has 1 saturated carbocycles. The molecule has 1 aromatic carbocycles. The number of nitrogens with two attached hydrogens (primary N) is 1. The summed E-state index contributed by atoms with van der Waals surface area (Å²) in [6.45, 7) is 2.07. The van der Waals surface area contributed by atoms with Crippen LogP contribution in [-0.2, 0) is 5.54 Å². The van der Waals surface area contributed by atoms with Gasteiger partial charge in [0.15, 0.2) is 0 Å². The third-order valence-corrected chi connectivity index (χ3v) is 4.29. The molecule has 2 heteroatoms. The van der Waals surface area contributed by atoms with Crippen LogP contribution in [0.2, 0.25) is 0 Å². The standard InChI is InChI=1S/C15H22FN/c1-2-15(17,12-8-4-3-5-9-12)13-10-6-7-11-14(13)16/h6-7,10-12H,2-5,8-9,17H2,1H3. The molecule has 1 nitrogen and oxygen atoms in total. The van der Waals surface area contributed by atoms with E-state index in [9.17, 15) is 4.39 Å². The van der Waals surface area contributed by atoms with Crippen molar-refractivity contribution in [2.75, 3.05) is 0 Å². The van der Waals surface area contributed by atoms with Crippen LogP contribution in [-0.4, -0.2) is 0 Å². The van der Waals surface area contributed by atoms with E-state index in [1.807, 2.05) is 12.1 Å². The molecular formula is C15H22FN.